The Kier molecular flexibility index (Phi) is 4.47. The van der Waals surface area contributed by atoms with E-state index in [2.05, 4.69) is 5.32 Å². The highest BCUT2D eigenvalue weighted by molar-refractivity contribution is 5.94. The van der Waals surface area contributed by atoms with Gasteiger partial charge in [-0.2, -0.15) is 0 Å². The van der Waals surface area contributed by atoms with Gasteiger partial charge in [0.25, 0.3) is 5.91 Å². The molecule has 5 heteroatoms. The molecule has 0 aliphatic carbocycles. The highest BCUT2D eigenvalue weighted by atomic mass is 16.5. The van der Waals surface area contributed by atoms with E-state index in [1.54, 1.807) is 12.1 Å². The van der Waals surface area contributed by atoms with Crippen LogP contribution in [0.1, 0.15) is 17.3 Å². The maximum Gasteiger partial charge on any atom is 0.308 e. The third kappa shape index (κ3) is 3.70. The Labute approximate surface area is 93.0 Å². The van der Waals surface area contributed by atoms with Crippen LogP contribution in [-0.2, 0) is 4.79 Å². The zero-order valence-electron chi connectivity index (χ0n) is 8.90. The second-order valence-corrected chi connectivity index (χ2v) is 3.10. The number of carbonyl (C=O) groups excluding carboxylic acids is 2. The monoisotopic (exact) mass is 223 g/mol. The van der Waals surface area contributed by atoms with Crippen molar-refractivity contribution < 1.29 is 19.4 Å². The van der Waals surface area contributed by atoms with E-state index in [1.807, 2.05) is 0 Å². The number of nitrogens with one attached hydrogen (secondary N) is 1. The quantitative estimate of drug-likeness (QED) is 0.570. The van der Waals surface area contributed by atoms with Crippen LogP contribution in [0.15, 0.2) is 24.3 Å². The summed E-state index contributed by atoms with van der Waals surface area (Å²) in [4.78, 5) is 22.1. The molecule has 86 valence electrons. The molecule has 0 heterocycles. The molecule has 5 nitrogen and oxygen atoms in total. The van der Waals surface area contributed by atoms with E-state index in [4.69, 9.17) is 9.84 Å². The third-order valence-electron chi connectivity index (χ3n) is 1.78. The van der Waals surface area contributed by atoms with Crippen molar-refractivity contribution in [3.63, 3.8) is 0 Å². The van der Waals surface area contributed by atoms with Crippen molar-refractivity contribution in [2.45, 2.75) is 6.92 Å². The molecule has 0 spiro atoms. The average Bonchev–Trinajstić information content (AvgIpc) is 2.26. The summed E-state index contributed by atoms with van der Waals surface area (Å²) in [5.74, 6) is -0.285. The van der Waals surface area contributed by atoms with E-state index in [1.165, 1.54) is 19.1 Å². The van der Waals surface area contributed by atoms with E-state index in [0.29, 0.717) is 11.3 Å². The topological polar surface area (TPSA) is 75.6 Å². The standard InChI is InChI=1S/C11H13NO4/c1-8(14)16-10-4-2-9(3-5-10)11(15)12-6-7-13/h2-5,13H,6-7H2,1H3,(H,12,15). The predicted octanol–water partition coefficient (Wildman–Crippen LogP) is 0.334. The van der Waals surface area contributed by atoms with Crippen molar-refractivity contribution in [1.29, 1.82) is 0 Å². The zero-order chi connectivity index (χ0) is 12.0. The summed E-state index contributed by atoms with van der Waals surface area (Å²) in [6.07, 6.45) is 0. The minimum atomic E-state index is -0.405. The molecule has 0 fully saturated rings. The van der Waals surface area contributed by atoms with Crippen LogP contribution in [0.25, 0.3) is 0 Å². The van der Waals surface area contributed by atoms with Gasteiger partial charge in [0.05, 0.1) is 6.61 Å². The molecule has 0 bridgehead atoms. The summed E-state index contributed by atoms with van der Waals surface area (Å²) in [6, 6.07) is 6.17. The minimum absolute atomic E-state index is 0.0999. The molecule has 16 heavy (non-hydrogen) atoms. The largest absolute Gasteiger partial charge is 0.427 e. The number of aliphatic hydroxyl groups excluding tert-OH is 1. The van der Waals surface area contributed by atoms with Gasteiger partial charge in [-0.3, -0.25) is 9.59 Å². The van der Waals surface area contributed by atoms with Crippen LogP contribution in [-0.4, -0.2) is 30.1 Å². The number of hydrogen-bond donors (Lipinski definition) is 2. The molecule has 1 rings (SSSR count). The smallest absolute Gasteiger partial charge is 0.308 e. The first kappa shape index (κ1) is 12.2. The van der Waals surface area contributed by atoms with Gasteiger partial charge >= 0.3 is 5.97 Å². The van der Waals surface area contributed by atoms with Gasteiger partial charge in [0.15, 0.2) is 0 Å². The second kappa shape index (κ2) is 5.87. The van der Waals surface area contributed by atoms with E-state index < -0.39 is 5.97 Å². The van der Waals surface area contributed by atoms with Crippen LogP contribution in [0, 0.1) is 0 Å². The number of rotatable bonds is 4. The summed E-state index contributed by atoms with van der Waals surface area (Å²) in [5.41, 5.74) is 0.448. The number of ether oxygens (including phenoxy) is 1. The number of aliphatic hydroxyl groups is 1. The number of carbonyl (C=O) groups is 2. The van der Waals surface area contributed by atoms with Gasteiger partial charge in [0.1, 0.15) is 5.75 Å². The van der Waals surface area contributed by atoms with Crippen LogP contribution in [0.4, 0.5) is 0 Å². The maximum absolute atomic E-state index is 11.4. The summed E-state index contributed by atoms with van der Waals surface area (Å²) >= 11 is 0. The number of hydrogen-bond acceptors (Lipinski definition) is 4. The van der Waals surface area contributed by atoms with E-state index >= 15 is 0 Å². The molecule has 0 radical (unpaired) electrons. The second-order valence-electron chi connectivity index (χ2n) is 3.10. The van der Waals surface area contributed by atoms with Crippen LogP contribution < -0.4 is 10.1 Å². The highest BCUT2D eigenvalue weighted by Crippen LogP contribution is 2.12. The summed E-state index contributed by atoms with van der Waals surface area (Å²) in [6.45, 7) is 1.42. The molecule has 0 unspecified atom stereocenters. The molecule has 1 aromatic carbocycles. The molecule has 0 atom stereocenters. The fourth-order valence-electron chi connectivity index (χ4n) is 1.11. The molecular weight excluding hydrogens is 210 g/mol. The summed E-state index contributed by atoms with van der Waals surface area (Å²) in [7, 11) is 0. The van der Waals surface area contributed by atoms with Crippen molar-refractivity contribution in [3.8, 4) is 5.75 Å². The molecule has 0 aromatic heterocycles. The molecule has 0 aliphatic heterocycles. The van der Waals surface area contributed by atoms with Crippen LogP contribution in [0.5, 0.6) is 5.75 Å². The van der Waals surface area contributed by atoms with E-state index in [9.17, 15) is 9.59 Å². The van der Waals surface area contributed by atoms with Crippen LogP contribution >= 0.6 is 0 Å². The van der Waals surface area contributed by atoms with Crippen LogP contribution in [0.2, 0.25) is 0 Å². The zero-order valence-corrected chi connectivity index (χ0v) is 8.90. The Morgan fingerprint density at radius 2 is 1.94 bits per heavy atom. The van der Waals surface area contributed by atoms with Crippen LogP contribution in [0.3, 0.4) is 0 Å². The van der Waals surface area contributed by atoms with Crippen molar-refractivity contribution in [3.05, 3.63) is 29.8 Å². The first-order valence-corrected chi connectivity index (χ1v) is 4.81. The Balaban J connectivity index is 2.63. The first-order chi connectivity index (χ1) is 7.63. The fourth-order valence-corrected chi connectivity index (χ4v) is 1.11. The molecule has 1 aromatic rings. The summed E-state index contributed by atoms with van der Waals surface area (Å²) in [5, 5.41) is 11.0. The molecule has 1 amide bonds. The van der Waals surface area contributed by atoms with E-state index in [-0.39, 0.29) is 19.1 Å². The molecule has 0 saturated carbocycles. The molecule has 0 aliphatic rings. The van der Waals surface area contributed by atoms with Crippen molar-refractivity contribution >= 4 is 11.9 Å². The number of amides is 1. The average molecular weight is 223 g/mol. The molecule has 0 saturated heterocycles. The van der Waals surface area contributed by atoms with Crippen molar-refractivity contribution in [2.75, 3.05) is 13.2 Å². The lowest BCUT2D eigenvalue weighted by molar-refractivity contribution is -0.131. The first-order valence-electron chi connectivity index (χ1n) is 4.81. The Hall–Kier alpha value is -1.88. The van der Waals surface area contributed by atoms with Gasteiger partial charge < -0.3 is 15.2 Å². The van der Waals surface area contributed by atoms with Gasteiger partial charge in [-0.1, -0.05) is 0 Å². The lowest BCUT2D eigenvalue weighted by atomic mass is 10.2. The fraction of sp³-hybridized carbons (Fsp3) is 0.273. The third-order valence-corrected chi connectivity index (χ3v) is 1.78. The summed E-state index contributed by atoms with van der Waals surface area (Å²) < 4.78 is 4.82. The Morgan fingerprint density at radius 1 is 1.31 bits per heavy atom. The lowest BCUT2D eigenvalue weighted by Crippen LogP contribution is -2.26. The SMILES string of the molecule is CC(=O)Oc1ccc(C(=O)NCCO)cc1. The Morgan fingerprint density at radius 3 is 2.44 bits per heavy atom. The lowest BCUT2D eigenvalue weighted by Gasteiger charge is -2.04. The van der Waals surface area contributed by atoms with Gasteiger partial charge in [0, 0.05) is 19.0 Å². The minimum Gasteiger partial charge on any atom is -0.427 e. The van der Waals surface area contributed by atoms with E-state index in [0.717, 1.165) is 0 Å². The van der Waals surface area contributed by atoms with Gasteiger partial charge in [-0.25, -0.2) is 0 Å². The van der Waals surface area contributed by atoms with Gasteiger partial charge in [0.2, 0.25) is 0 Å². The Bertz CT molecular complexity index is 372. The maximum atomic E-state index is 11.4. The van der Waals surface area contributed by atoms with Gasteiger partial charge in [-0.05, 0) is 24.3 Å². The normalized spacial score (nSPS) is 9.62. The van der Waals surface area contributed by atoms with Crippen molar-refractivity contribution in [1.82, 2.24) is 5.32 Å². The number of benzene rings is 1. The number of esters is 1. The highest BCUT2D eigenvalue weighted by Gasteiger charge is 2.05. The van der Waals surface area contributed by atoms with Crippen molar-refractivity contribution in [2.24, 2.45) is 0 Å². The molecular formula is C11H13NO4. The van der Waals surface area contributed by atoms with Gasteiger partial charge in [-0.15, -0.1) is 0 Å². The predicted molar refractivity (Wildman–Crippen MR) is 57.2 cm³/mol. The molecule has 2 N–H and O–H groups in total.